The Labute approximate surface area is 182 Å². The number of carbonyl (C=O) groups is 3. The molecule has 0 saturated carbocycles. The number of amides is 3. The van der Waals surface area contributed by atoms with E-state index in [-0.39, 0.29) is 23.6 Å². The summed E-state index contributed by atoms with van der Waals surface area (Å²) in [6.07, 6.45) is 1.27. The topological polar surface area (TPSA) is 87.7 Å². The molecule has 0 bridgehead atoms. The number of benzene rings is 2. The van der Waals surface area contributed by atoms with Gasteiger partial charge in [-0.15, -0.1) is 0 Å². The lowest BCUT2D eigenvalue weighted by Gasteiger charge is -2.36. The summed E-state index contributed by atoms with van der Waals surface area (Å²) in [6, 6.07) is 17.4. The number of likely N-dealkylation sites (tertiary alicyclic amines) is 1. The summed E-state index contributed by atoms with van der Waals surface area (Å²) in [5.41, 5.74) is 1.17. The van der Waals surface area contributed by atoms with Gasteiger partial charge in [-0.25, -0.2) is 0 Å². The molecule has 7 nitrogen and oxygen atoms in total. The molecule has 31 heavy (non-hydrogen) atoms. The average Bonchev–Trinajstić information content (AvgIpc) is 2.83. The molecule has 1 saturated heterocycles. The van der Waals surface area contributed by atoms with Gasteiger partial charge in [-0.05, 0) is 43.0 Å². The van der Waals surface area contributed by atoms with Crippen LogP contribution < -0.4 is 10.6 Å². The predicted octanol–water partition coefficient (Wildman–Crippen LogP) is 2.10. The van der Waals surface area contributed by atoms with Crippen molar-refractivity contribution in [1.29, 1.82) is 0 Å². The van der Waals surface area contributed by atoms with Crippen LogP contribution in [-0.4, -0.2) is 62.0 Å². The van der Waals surface area contributed by atoms with Crippen LogP contribution >= 0.6 is 0 Å². The Hall–Kier alpha value is -3.19. The number of nitrogens with zero attached hydrogens (tertiary/aromatic N) is 1. The second kappa shape index (κ2) is 11.3. The van der Waals surface area contributed by atoms with Gasteiger partial charge < -0.3 is 20.3 Å². The first-order valence-corrected chi connectivity index (χ1v) is 10.6. The van der Waals surface area contributed by atoms with E-state index in [9.17, 15) is 14.4 Å². The molecule has 1 aliphatic rings. The predicted molar refractivity (Wildman–Crippen MR) is 118 cm³/mol. The van der Waals surface area contributed by atoms with Crippen LogP contribution in [0.4, 0.5) is 0 Å². The van der Waals surface area contributed by atoms with E-state index in [0.717, 1.165) is 0 Å². The Morgan fingerprint density at radius 3 is 2.13 bits per heavy atom. The number of piperidine rings is 1. The molecule has 0 radical (unpaired) electrons. The fourth-order valence-electron chi connectivity index (χ4n) is 3.80. The van der Waals surface area contributed by atoms with Crippen LogP contribution in [0.2, 0.25) is 0 Å². The van der Waals surface area contributed by atoms with Gasteiger partial charge in [-0.3, -0.25) is 14.4 Å². The van der Waals surface area contributed by atoms with Crippen molar-refractivity contribution < 1.29 is 19.1 Å². The smallest absolute Gasteiger partial charge is 0.253 e. The van der Waals surface area contributed by atoms with E-state index < -0.39 is 6.04 Å². The van der Waals surface area contributed by atoms with Gasteiger partial charge in [0.25, 0.3) is 11.8 Å². The third kappa shape index (κ3) is 6.15. The number of methoxy groups -OCH3 is 1. The highest BCUT2D eigenvalue weighted by Crippen LogP contribution is 2.23. The first kappa shape index (κ1) is 22.5. The largest absolute Gasteiger partial charge is 0.383 e. The second-order valence-electron chi connectivity index (χ2n) is 7.60. The Bertz CT molecular complexity index is 865. The number of hydrogen-bond acceptors (Lipinski definition) is 4. The average molecular weight is 424 g/mol. The summed E-state index contributed by atoms with van der Waals surface area (Å²) >= 11 is 0. The van der Waals surface area contributed by atoms with Gasteiger partial charge in [0, 0.05) is 37.9 Å². The molecule has 7 heteroatoms. The number of nitrogens with one attached hydrogen (secondary N) is 2. The van der Waals surface area contributed by atoms with E-state index >= 15 is 0 Å². The Kier molecular flexibility index (Phi) is 8.18. The van der Waals surface area contributed by atoms with Crippen LogP contribution in [0.1, 0.15) is 33.6 Å². The van der Waals surface area contributed by atoms with Crippen molar-refractivity contribution in [2.75, 3.05) is 33.4 Å². The van der Waals surface area contributed by atoms with E-state index in [2.05, 4.69) is 10.6 Å². The normalized spacial score (nSPS) is 15.2. The molecule has 2 N–H and O–H groups in total. The van der Waals surface area contributed by atoms with Crippen molar-refractivity contribution in [3.8, 4) is 0 Å². The molecule has 0 aromatic heterocycles. The summed E-state index contributed by atoms with van der Waals surface area (Å²) < 4.78 is 5.00. The molecule has 3 rings (SSSR count). The lowest BCUT2D eigenvalue weighted by molar-refractivity contribution is -0.124. The highest BCUT2D eigenvalue weighted by molar-refractivity contribution is 5.97. The minimum Gasteiger partial charge on any atom is -0.383 e. The zero-order valence-corrected chi connectivity index (χ0v) is 17.8. The van der Waals surface area contributed by atoms with Crippen molar-refractivity contribution in [3.05, 3.63) is 71.8 Å². The quantitative estimate of drug-likeness (QED) is 0.637. The van der Waals surface area contributed by atoms with E-state index in [1.165, 1.54) is 0 Å². The number of hydrogen-bond donors (Lipinski definition) is 2. The summed E-state index contributed by atoms with van der Waals surface area (Å²) in [7, 11) is 1.57. The maximum atomic E-state index is 12.9. The van der Waals surface area contributed by atoms with Crippen molar-refractivity contribution in [1.82, 2.24) is 15.5 Å². The molecule has 0 aliphatic carbocycles. The van der Waals surface area contributed by atoms with E-state index in [4.69, 9.17) is 4.74 Å². The van der Waals surface area contributed by atoms with Gasteiger partial charge >= 0.3 is 0 Å². The molecular weight excluding hydrogens is 394 g/mol. The zero-order valence-electron chi connectivity index (χ0n) is 17.8. The molecule has 1 unspecified atom stereocenters. The van der Waals surface area contributed by atoms with Crippen LogP contribution in [0.3, 0.4) is 0 Å². The molecule has 164 valence electrons. The third-order valence-corrected chi connectivity index (χ3v) is 5.53. The number of carbonyl (C=O) groups excluding carboxylic acids is 3. The SMILES string of the molecule is COCCNC(=O)C(NC(=O)c1ccccc1)C1CCN(C(=O)c2ccccc2)CC1. The maximum absolute atomic E-state index is 12.9. The molecule has 2 aromatic rings. The van der Waals surface area contributed by atoms with Gasteiger partial charge in [0.15, 0.2) is 0 Å². The van der Waals surface area contributed by atoms with Gasteiger partial charge in [-0.2, -0.15) is 0 Å². The summed E-state index contributed by atoms with van der Waals surface area (Å²) in [5, 5.41) is 5.75. The molecule has 1 heterocycles. The minimum absolute atomic E-state index is 0.00605. The minimum atomic E-state index is -0.668. The number of rotatable bonds is 8. The molecule has 1 fully saturated rings. The van der Waals surface area contributed by atoms with Crippen LogP contribution in [-0.2, 0) is 9.53 Å². The lowest BCUT2D eigenvalue weighted by atomic mass is 9.88. The fraction of sp³-hybridized carbons (Fsp3) is 0.375. The van der Waals surface area contributed by atoms with Crippen molar-refractivity contribution in [2.45, 2.75) is 18.9 Å². The van der Waals surface area contributed by atoms with E-state index in [0.29, 0.717) is 50.2 Å². The van der Waals surface area contributed by atoms with E-state index in [1.54, 1.807) is 43.5 Å². The maximum Gasteiger partial charge on any atom is 0.253 e. The monoisotopic (exact) mass is 423 g/mol. The van der Waals surface area contributed by atoms with Crippen LogP contribution in [0.5, 0.6) is 0 Å². The highest BCUT2D eigenvalue weighted by atomic mass is 16.5. The van der Waals surface area contributed by atoms with Crippen LogP contribution in [0, 0.1) is 5.92 Å². The summed E-state index contributed by atoms with van der Waals surface area (Å²) in [4.78, 5) is 40.1. The summed E-state index contributed by atoms with van der Waals surface area (Å²) in [6.45, 7) is 1.86. The standard InChI is InChI=1S/C24H29N3O4/c1-31-17-14-25-23(29)21(26-22(28)19-8-4-2-5-9-19)18-12-15-27(16-13-18)24(30)20-10-6-3-7-11-20/h2-11,18,21H,12-17H2,1H3,(H,25,29)(H,26,28). The van der Waals surface area contributed by atoms with Crippen LogP contribution in [0.25, 0.3) is 0 Å². The fourth-order valence-corrected chi connectivity index (χ4v) is 3.80. The Morgan fingerprint density at radius 2 is 1.55 bits per heavy atom. The second-order valence-corrected chi connectivity index (χ2v) is 7.60. The first-order chi connectivity index (χ1) is 15.1. The van der Waals surface area contributed by atoms with Gasteiger partial charge in [0.2, 0.25) is 5.91 Å². The molecule has 2 aromatic carbocycles. The zero-order chi connectivity index (χ0) is 22.1. The Balaban J connectivity index is 1.65. The molecular formula is C24H29N3O4. The molecule has 3 amide bonds. The Morgan fingerprint density at radius 1 is 0.968 bits per heavy atom. The third-order valence-electron chi connectivity index (χ3n) is 5.53. The van der Waals surface area contributed by atoms with Gasteiger partial charge in [0.1, 0.15) is 6.04 Å². The van der Waals surface area contributed by atoms with E-state index in [1.807, 2.05) is 29.2 Å². The van der Waals surface area contributed by atoms with Crippen LogP contribution in [0.15, 0.2) is 60.7 Å². The molecule has 1 atom stereocenters. The van der Waals surface area contributed by atoms with Gasteiger partial charge in [-0.1, -0.05) is 36.4 Å². The molecule has 0 spiro atoms. The van der Waals surface area contributed by atoms with Crippen molar-refractivity contribution in [3.63, 3.8) is 0 Å². The number of ether oxygens (including phenoxy) is 1. The molecule has 1 aliphatic heterocycles. The van der Waals surface area contributed by atoms with Gasteiger partial charge in [0.05, 0.1) is 6.61 Å². The highest BCUT2D eigenvalue weighted by Gasteiger charge is 2.34. The van der Waals surface area contributed by atoms with Crippen molar-refractivity contribution in [2.24, 2.45) is 5.92 Å². The first-order valence-electron chi connectivity index (χ1n) is 10.6. The lowest BCUT2D eigenvalue weighted by Crippen LogP contribution is -2.54. The summed E-state index contributed by atoms with van der Waals surface area (Å²) in [5.74, 6) is -0.576. The van der Waals surface area contributed by atoms with Crippen molar-refractivity contribution >= 4 is 17.7 Å².